The lowest BCUT2D eigenvalue weighted by atomic mass is 10.1. The van der Waals surface area contributed by atoms with E-state index >= 15 is 0 Å². The van der Waals surface area contributed by atoms with Crippen molar-refractivity contribution >= 4 is 0 Å². The Morgan fingerprint density at radius 1 is 1.54 bits per heavy atom. The van der Waals surface area contributed by atoms with Crippen LogP contribution in [-0.4, -0.2) is 12.6 Å². The summed E-state index contributed by atoms with van der Waals surface area (Å²) in [5.41, 5.74) is 7.10. The van der Waals surface area contributed by atoms with Crippen molar-refractivity contribution < 1.29 is 4.74 Å². The van der Waals surface area contributed by atoms with Gasteiger partial charge in [0.15, 0.2) is 0 Å². The number of benzene rings is 1. The molecule has 0 spiro atoms. The predicted octanol–water partition coefficient (Wildman–Crippen LogP) is 1.90. The quantitative estimate of drug-likeness (QED) is 0.765. The van der Waals surface area contributed by atoms with E-state index in [9.17, 15) is 0 Å². The molecule has 0 aliphatic heterocycles. The molecule has 0 unspecified atom stereocenters. The molecule has 2 rings (SSSR count). The second-order valence-corrected chi connectivity index (χ2v) is 3.51. The van der Waals surface area contributed by atoms with Crippen molar-refractivity contribution in [2.24, 2.45) is 5.73 Å². The van der Waals surface area contributed by atoms with Crippen molar-refractivity contribution in [3.8, 4) is 5.75 Å². The fourth-order valence-corrected chi connectivity index (χ4v) is 1.60. The molecule has 1 fully saturated rings. The van der Waals surface area contributed by atoms with Crippen LogP contribution in [0.4, 0.5) is 0 Å². The minimum Gasteiger partial charge on any atom is -0.494 e. The van der Waals surface area contributed by atoms with E-state index in [-0.39, 0.29) is 0 Å². The highest BCUT2D eigenvalue weighted by molar-refractivity contribution is 5.34. The van der Waals surface area contributed by atoms with Gasteiger partial charge in [-0.3, -0.25) is 0 Å². The molecule has 1 aliphatic carbocycles. The molecule has 13 heavy (non-hydrogen) atoms. The van der Waals surface area contributed by atoms with E-state index in [1.165, 1.54) is 5.56 Å². The van der Waals surface area contributed by atoms with Crippen LogP contribution >= 0.6 is 0 Å². The molecule has 0 bridgehead atoms. The summed E-state index contributed by atoms with van der Waals surface area (Å²) in [6, 6.07) is 8.62. The van der Waals surface area contributed by atoms with Crippen LogP contribution < -0.4 is 10.5 Å². The number of rotatable bonds is 3. The fraction of sp³-hybridized carbons (Fsp3) is 0.455. The van der Waals surface area contributed by atoms with Crippen molar-refractivity contribution in [3.63, 3.8) is 0 Å². The lowest BCUT2D eigenvalue weighted by Crippen LogP contribution is -2.01. The largest absolute Gasteiger partial charge is 0.494 e. The molecule has 1 aromatic carbocycles. The first-order chi connectivity index (χ1) is 6.31. The van der Waals surface area contributed by atoms with Crippen molar-refractivity contribution in [2.45, 2.75) is 25.3 Å². The summed E-state index contributed by atoms with van der Waals surface area (Å²) in [4.78, 5) is 0. The Balaban J connectivity index is 2.13. The Hall–Kier alpha value is -1.02. The lowest BCUT2D eigenvalue weighted by molar-refractivity contribution is 0.340. The highest BCUT2D eigenvalue weighted by atomic mass is 16.5. The average molecular weight is 177 g/mol. The van der Waals surface area contributed by atoms with E-state index in [2.05, 4.69) is 12.1 Å². The first kappa shape index (κ1) is 8.57. The first-order valence-electron chi connectivity index (χ1n) is 4.79. The van der Waals surface area contributed by atoms with Crippen LogP contribution in [0.1, 0.15) is 24.8 Å². The van der Waals surface area contributed by atoms with Crippen LogP contribution in [0.2, 0.25) is 0 Å². The summed E-state index contributed by atoms with van der Waals surface area (Å²) < 4.78 is 5.42. The summed E-state index contributed by atoms with van der Waals surface area (Å²) in [5.74, 6) is 1.53. The second kappa shape index (κ2) is 3.38. The van der Waals surface area contributed by atoms with Crippen molar-refractivity contribution in [1.82, 2.24) is 0 Å². The van der Waals surface area contributed by atoms with Gasteiger partial charge in [-0.1, -0.05) is 12.1 Å². The summed E-state index contributed by atoms with van der Waals surface area (Å²) in [6.45, 7) is 2.72. The summed E-state index contributed by atoms with van der Waals surface area (Å²) in [5, 5.41) is 0. The van der Waals surface area contributed by atoms with E-state index < -0.39 is 0 Å². The summed E-state index contributed by atoms with van der Waals surface area (Å²) in [7, 11) is 0. The Morgan fingerprint density at radius 3 is 2.92 bits per heavy atom. The standard InChI is InChI=1S/C11H15NO/c1-2-13-9-5-3-4-8(6-9)10-7-11(10)12/h3-6,10-11H,2,7,12H2,1H3/t10-,11-/m0/s1. The van der Waals surface area contributed by atoms with Crippen molar-refractivity contribution in [3.05, 3.63) is 29.8 Å². The molecular formula is C11H15NO. The third-order valence-electron chi connectivity index (χ3n) is 2.44. The first-order valence-corrected chi connectivity index (χ1v) is 4.79. The SMILES string of the molecule is CCOc1cccc([C@@H]2C[C@@H]2N)c1. The van der Waals surface area contributed by atoms with Gasteiger partial charge >= 0.3 is 0 Å². The molecule has 2 heteroatoms. The van der Waals surface area contributed by atoms with Gasteiger partial charge in [-0.15, -0.1) is 0 Å². The van der Waals surface area contributed by atoms with Gasteiger partial charge in [0.1, 0.15) is 5.75 Å². The molecule has 2 atom stereocenters. The van der Waals surface area contributed by atoms with Gasteiger partial charge < -0.3 is 10.5 Å². The van der Waals surface area contributed by atoms with Gasteiger partial charge in [-0.25, -0.2) is 0 Å². The Kier molecular flexibility index (Phi) is 2.23. The van der Waals surface area contributed by atoms with E-state index in [0.29, 0.717) is 12.0 Å². The van der Waals surface area contributed by atoms with Gasteiger partial charge in [0.2, 0.25) is 0 Å². The Morgan fingerprint density at radius 2 is 2.31 bits per heavy atom. The smallest absolute Gasteiger partial charge is 0.119 e. The van der Waals surface area contributed by atoms with Crippen LogP contribution in [0, 0.1) is 0 Å². The Bertz CT molecular complexity index is 298. The maximum atomic E-state index is 5.78. The van der Waals surface area contributed by atoms with Gasteiger partial charge in [0.05, 0.1) is 6.61 Å². The minimum atomic E-state index is 0.372. The molecule has 1 saturated carbocycles. The molecule has 0 radical (unpaired) electrons. The topological polar surface area (TPSA) is 35.2 Å². The van der Waals surface area contributed by atoms with Crippen molar-refractivity contribution in [2.75, 3.05) is 6.61 Å². The van der Waals surface area contributed by atoms with Gasteiger partial charge in [-0.2, -0.15) is 0 Å². The molecule has 0 heterocycles. The Labute approximate surface area is 78.7 Å². The molecule has 0 aromatic heterocycles. The molecule has 2 nitrogen and oxygen atoms in total. The van der Waals surface area contributed by atoms with Gasteiger partial charge in [-0.05, 0) is 31.0 Å². The summed E-state index contributed by atoms with van der Waals surface area (Å²) >= 11 is 0. The monoisotopic (exact) mass is 177 g/mol. The zero-order valence-corrected chi connectivity index (χ0v) is 7.86. The number of hydrogen-bond donors (Lipinski definition) is 1. The van der Waals surface area contributed by atoms with Gasteiger partial charge in [0, 0.05) is 12.0 Å². The van der Waals surface area contributed by atoms with Crippen LogP contribution in [0.3, 0.4) is 0 Å². The average Bonchev–Trinajstić information content (AvgIpc) is 2.84. The highest BCUT2D eigenvalue weighted by Gasteiger charge is 2.34. The maximum Gasteiger partial charge on any atom is 0.119 e. The van der Waals surface area contributed by atoms with E-state index in [4.69, 9.17) is 10.5 Å². The lowest BCUT2D eigenvalue weighted by Gasteiger charge is -2.04. The van der Waals surface area contributed by atoms with Crippen LogP contribution in [0.5, 0.6) is 5.75 Å². The highest BCUT2D eigenvalue weighted by Crippen LogP contribution is 2.39. The number of hydrogen-bond acceptors (Lipinski definition) is 2. The van der Waals surface area contributed by atoms with Crippen LogP contribution in [0.15, 0.2) is 24.3 Å². The molecule has 2 N–H and O–H groups in total. The molecule has 1 aliphatic rings. The van der Waals surface area contributed by atoms with E-state index in [1.807, 2.05) is 19.1 Å². The predicted molar refractivity (Wildman–Crippen MR) is 52.9 cm³/mol. The zero-order chi connectivity index (χ0) is 9.26. The van der Waals surface area contributed by atoms with Gasteiger partial charge in [0.25, 0.3) is 0 Å². The number of ether oxygens (including phenoxy) is 1. The van der Waals surface area contributed by atoms with Crippen LogP contribution in [0.25, 0.3) is 0 Å². The molecule has 70 valence electrons. The minimum absolute atomic E-state index is 0.372. The molecule has 0 amide bonds. The van der Waals surface area contributed by atoms with E-state index in [0.717, 1.165) is 18.8 Å². The van der Waals surface area contributed by atoms with Crippen LogP contribution in [-0.2, 0) is 0 Å². The van der Waals surface area contributed by atoms with Crippen molar-refractivity contribution in [1.29, 1.82) is 0 Å². The van der Waals surface area contributed by atoms with E-state index in [1.54, 1.807) is 0 Å². The zero-order valence-electron chi connectivity index (χ0n) is 7.86. The third kappa shape index (κ3) is 1.83. The maximum absolute atomic E-state index is 5.78. The normalized spacial score (nSPS) is 25.7. The molecule has 0 saturated heterocycles. The second-order valence-electron chi connectivity index (χ2n) is 3.51. The third-order valence-corrected chi connectivity index (χ3v) is 2.44. The number of nitrogens with two attached hydrogens (primary N) is 1. The molecular weight excluding hydrogens is 162 g/mol. The molecule has 1 aromatic rings. The fourth-order valence-electron chi connectivity index (χ4n) is 1.60. The summed E-state index contributed by atoms with van der Waals surface area (Å²) in [6.07, 6.45) is 1.12.